The largest absolute Gasteiger partial charge is 0.506 e. The third-order valence-corrected chi connectivity index (χ3v) is 8.88. The molecular weight excluding hydrogens is 634 g/mol. The molecular formula is C39H41N5O6. The number of aliphatic hydroxyl groups is 1. The maximum atomic E-state index is 12.7. The molecule has 1 atom stereocenters. The lowest BCUT2D eigenvalue weighted by atomic mass is 10.0. The van der Waals surface area contributed by atoms with Crippen molar-refractivity contribution in [1.82, 2.24) is 15.2 Å². The Morgan fingerprint density at radius 2 is 1.62 bits per heavy atom. The summed E-state index contributed by atoms with van der Waals surface area (Å²) in [5.41, 5.74) is 4.90. The number of rotatable bonds is 12. The van der Waals surface area contributed by atoms with Gasteiger partial charge in [0.25, 0.3) is 0 Å². The predicted octanol–water partition coefficient (Wildman–Crippen LogP) is 5.77. The number of carbonyl (C=O) groups excluding carboxylic acids is 2. The van der Waals surface area contributed by atoms with Crippen molar-refractivity contribution < 1.29 is 24.5 Å². The van der Waals surface area contributed by atoms with Gasteiger partial charge < -0.3 is 35.5 Å². The number of anilines is 2. The summed E-state index contributed by atoms with van der Waals surface area (Å²) in [7, 11) is 0. The lowest BCUT2D eigenvalue weighted by molar-refractivity contribution is -0.116. The third kappa shape index (κ3) is 8.94. The van der Waals surface area contributed by atoms with Gasteiger partial charge in [-0.2, -0.15) is 0 Å². The summed E-state index contributed by atoms with van der Waals surface area (Å²) in [6.45, 7) is 2.86. The number of carbonyl (C=O) groups is 2. The Morgan fingerprint density at radius 3 is 2.40 bits per heavy atom. The van der Waals surface area contributed by atoms with Crippen LogP contribution in [0.5, 0.6) is 5.75 Å². The number of pyridine rings is 1. The van der Waals surface area contributed by atoms with Crippen LogP contribution in [0.1, 0.15) is 36.5 Å². The minimum atomic E-state index is -0.853. The monoisotopic (exact) mass is 675 g/mol. The molecule has 0 radical (unpaired) electrons. The molecule has 0 spiro atoms. The number of phenols is 1. The normalized spacial score (nSPS) is 14.3. The van der Waals surface area contributed by atoms with Gasteiger partial charge in [0.05, 0.1) is 17.3 Å². The fraction of sp³-hybridized carbons (Fsp3) is 0.256. The maximum Gasteiger partial charge on any atom is 0.411 e. The minimum absolute atomic E-state index is 0.0517. The molecule has 2 heterocycles. The molecule has 2 amide bonds. The number of likely N-dealkylation sites (tertiary alicyclic amines) is 1. The summed E-state index contributed by atoms with van der Waals surface area (Å²) < 4.78 is 5.74. The Bertz CT molecular complexity index is 1970. The molecule has 0 bridgehead atoms. The van der Waals surface area contributed by atoms with Gasteiger partial charge in [-0.05, 0) is 59.9 Å². The van der Waals surface area contributed by atoms with Crippen molar-refractivity contribution in [3.05, 3.63) is 125 Å². The molecule has 258 valence electrons. The number of H-pyrrole nitrogens is 1. The van der Waals surface area contributed by atoms with E-state index in [-0.39, 0.29) is 29.9 Å². The molecule has 1 aliphatic rings. The second-order valence-electron chi connectivity index (χ2n) is 12.4. The van der Waals surface area contributed by atoms with Crippen LogP contribution in [-0.2, 0) is 16.1 Å². The molecule has 11 nitrogen and oxygen atoms in total. The summed E-state index contributed by atoms with van der Waals surface area (Å²) in [6, 6.07) is 31.1. The van der Waals surface area contributed by atoms with E-state index in [4.69, 9.17) is 4.74 Å². The molecule has 1 aromatic heterocycles. The number of amides is 2. The molecule has 1 aliphatic heterocycles. The van der Waals surface area contributed by atoms with Crippen LogP contribution in [0, 0.1) is 0 Å². The van der Waals surface area contributed by atoms with Crippen LogP contribution in [0.2, 0.25) is 0 Å². The summed E-state index contributed by atoms with van der Waals surface area (Å²) >= 11 is 0. The van der Waals surface area contributed by atoms with Crippen molar-refractivity contribution in [2.24, 2.45) is 0 Å². The molecule has 0 aliphatic carbocycles. The van der Waals surface area contributed by atoms with E-state index in [9.17, 15) is 24.6 Å². The topological polar surface area (TPSA) is 156 Å². The van der Waals surface area contributed by atoms with Gasteiger partial charge in [0.15, 0.2) is 0 Å². The van der Waals surface area contributed by atoms with E-state index in [1.165, 1.54) is 12.1 Å². The smallest absolute Gasteiger partial charge is 0.411 e. The highest BCUT2D eigenvalue weighted by atomic mass is 16.6. The molecule has 1 saturated heterocycles. The van der Waals surface area contributed by atoms with Gasteiger partial charge in [-0.15, -0.1) is 0 Å². The zero-order valence-electron chi connectivity index (χ0n) is 27.6. The van der Waals surface area contributed by atoms with Gasteiger partial charge in [0.2, 0.25) is 11.5 Å². The van der Waals surface area contributed by atoms with Gasteiger partial charge >= 0.3 is 6.09 Å². The molecule has 50 heavy (non-hydrogen) atoms. The standard InChI is InChI=1S/C39H41N5O6/c45-34-16-14-31(32-15-17-36(47)43-38(32)34)35(46)25-40-24-26-10-12-28(13-11-26)41-37(48)20-23-44-21-18-29(19-22-44)50-39(49)42-33-9-5-4-8-30(33)27-6-2-1-3-7-27/h1-17,29,35,40,45-46H,18-25H2,(H,41,48)(H,42,49)(H,43,47)/t35-/m1/s1. The lowest BCUT2D eigenvalue weighted by Crippen LogP contribution is -2.39. The van der Waals surface area contributed by atoms with Crippen LogP contribution in [-0.4, -0.2) is 64.4 Å². The Kier molecular flexibility index (Phi) is 11.2. The van der Waals surface area contributed by atoms with Gasteiger partial charge in [0, 0.05) is 61.8 Å². The number of phenolic OH excluding ortho intramolecular Hbond substituents is 1. The first-order valence-corrected chi connectivity index (χ1v) is 16.8. The summed E-state index contributed by atoms with van der Waals surface area (Å²) in [5, 5.41) is 30.5. The number of ether oxygens (including phenoxy) is 1. The Morgan fingerprint density at radius 1 is 0.880 bits per heavy atom. The molecule has 6 N–H and O–H groups in total. The average Bonchev–Trinajstić information content (AvgIpc) is 3.13. The maximum absolute atomic E-state index is 12.7. The van der Waals surface area contributed by atoms with Crippen molar-refractivity contribution in [3.8, 4) is 16.9 Å². The zero-order chi connectivity index (χ0) is 34.9. The van der Waals surface area contributed by atoms with Crippen LogP contribution in [0.25, 0.3) is 22.0 Å². The highest BCUT2D eigenvalue weighted by molar-refractivity contribution is 5.92. The first-order valence-electron chi connectivity index (χ1n) is 16.8. The molecule has 6 rings (SSSR count). The average molecular weight is 676 g/mol. The number of aromatic nitrogens is 1. The number of benzene rings is 4. The number of piperidine rings is 1. The Labute approximate surface area is 289 Å². The Balaban J connectivity index is 0.886. The van der Waals surface area contributed by atoms with Gasteiger partial charge in [-0.3, -0.25) is 14.9 Å². The number of hydrogen-bond acceptors (Lipinski definition) is 8. The van der Waals surface area contributed by atoms with Crippen molar-refractivity contribution in [2.45, 2.75) is 38.0 Å². The molecule has 4 aromatic carbocycles. The fourth-order valence-corrected chi connectivity index (χ4v) is 6.20. The lowest BCUT2D eigenvalue weighted by Gasteiger charge is -2.31. The van der Waals surface area contributed by atoms with E-state index in [1.54, 1.807) is 12.1 Å². The number of aliphatic hydroxyl groups excluding tert-OH is 1. The van der Waals surface area contributed by atoms with Crippen LogP contribution in [0.4, 0.5) is 16.2 Å². The van der Waals surface area contributed by atoms with E-state index in [0.29, 0.717) is 60.2 Å². The molecule has 0 unspecified atom stereocenters. The van der Waals surface area contributed by atoms with Crippen LogP contribution >= 0.6 is 0 Å². The van der Waals surface area contributed by atoms with E-state index < -0.39 is 12.2 Å². The van der Waals surface area contributed by atoms with E-state index >= 15 is 0 Å². The number of para-hydroxylation sites is 1. The minimum Gasteiger partial charge on any atom is -0.506 e. The fourth-order valence-electron chi connectivity index (χ4n) is 6.20. The number of aromatic amines is 1. The summed E-state index contributed by atoms with van der Waals surface area (Å²) in [4.78, 5) is 41.9. The second-order valence-corrected chi connectivity index (χ2v) is 12.4. The molecule has 11 heteroatoms. The van der Waals surface area contributed by atoms with Crippen molar-refractivity contribution >= 4 is 34.3 Å². The predicted molar refractivity (Wildman–Crippen MR) is 194 cm³/mol. The number of nitrogens with zero attached hydrogens (tertiary/aromatic N) is 1. The van der Waals surface area contributed by atoms with Gasteiger partial charge in [0.1, 0.15) is 11.9 Å². The Hall–Kier alpha value is -5.49. The van der Waals surface area contributed by atoms with Crippen molar-refractivity contribution in [3.63, 3.8) is 0 Å². The summed E-state index contributed by atoms with van der Waals surface area (Å²) in [5.74, 6) is -0.125. The van der Waals surface area contributed by atoms with E-state index in [1.807, 2.05) is 78.9 Å². The van der Waals surface area contributed by atoms with Crippen LogP contribution in [0.3, 0.4) is 0 Å². The van der Waals surface area contributed by atoms with Gasteiger partial charge in [-0.1, -0.05) is 66.7 Å². The van der Waals surface area contributed by atoms with E-state index in [0.717, 1.165) is 29.8 Å². The first-order chi connectivity index (χ1) is 24.3. The number of aromatic hydroxyl groups is 1. The molecule has 1 fully saturated rings. The second kappa shape index (κ2) is 16.3. The zero-order valence-corrected chi connectivity index (χ0v) is 27.6. The first kappa shape index (κ1) is 34.4. The highest BCUT2D eigenvalue weighted by Crippen LogP contribution is 2.29. The van der Waals surface area contributed by atoms with Gasteiger partial charge in [-0.25, -0.2) is 4.79 Å². The van der Waals surface area contributed by atoms with E-state index in [2.05, 4.69) is 25.8 Å². The number of hydrogen-bond donors (Lipinski definition) is 6. The van der Waals surface area contributed by atoms with Crippen LogP contribution < -0.4 is 21.5 Å². The van der Waals surface area contributed by atoms with Crippen molar-refractivity contribution in [1.29, 1.82) is 0 Å². The van der Waals surface area contributed by atoms with Crippen LogP contribution in [0.15, 0.2) is 108 Å². The molecule has 5 aromatic rings. The number of nitrogens with one attached hydrogen (secondary N) is 4. The third-order valence-electron chi connectivity index (χ3n) is 8.88. The highest BCUT2D eigenvalue weighted by Gasteiger charge is 2.23. The van der Waals surface area contributed by atoms with Crippen molar-refractivity contribution in [2.75, 3.05) is 36.8 Å². The molecule has 0 saturated carbocycles. The summed E-state index contributed by atoms with van der Waals surface area (Å²) in [6.07, 6.45) is 0.257. The SMILES string of the molecule is O=C(CCN1CCC(OC(=O)Nc2ccccc2-c2ccccc2)CC1)Nc1ccc(CNC[C@@H](O)c2ccc(O)c3[nH]c(=O)ccc23)cc1. The number of fused-ring (bicyclic) bond motifs is 1. The quantitative estimate of drug-likeness (QED) is 0.0975.